The van der Waals surface area contributed by atoms with Crippen molar-refractivity contribution in [2.45, 2.75) is 12.8 Å². The highest BCUT2D eigenvalue weighted by Gasteiger charge is 2.30. The highest BCUT2D eigenvalue weighted by molar-refractivity contribution is 9.10. The maximum absolute atomic E-state index is 12.1. The first-order valence-electron chi connectivity index (χ1n) is 5.21. The van der Waals surface area contributed by atoms with Gasteiger partial charge in [0.25, 0.3) is 5.91 Å². The van der Waals surface area contributed by atoms with Gasteiger partial charge in [0, 0.05) is 18.5 Å². The van der Waals surface area contributed by atoms with Crippen LogP contribution in [0.3, 0.4) is 0 Å². The maximum Gasteiger partial charge on any atom is 0.308 e. The molecule has 1 aromatic rings. The second-order valence-corrected chi connectivity index (χ2v) is 5.42. The van der Waals surface area contributed by atoms with Crippen molar-refractivity contribution in [1.29, 1.82) is 0 Å². The molecule has 0 spiro atoms. The molecule has 2 rings (SSSR count). The highest BCUT2D eigenvalue weighted by atomic mass is 79.9. The van der Waals surface area contributed by atoms with Gasteiger partial charge in [-0.3, -0.25) is 9.59 Å². The topological polar surface area (TPSA) is 70.5 Å². The first-order chi connectivity index (χ1) is 8.09. The van der Waals surface area contributed by atoms with E-state index in [0.717, 1.165) is 6.42 Å². The first-order valence-corrected chi connectivity index (χ1v) is 6.84. The van der Waals surface area contributed by atoms with Crippen LogP contribution in [-0.2, 0) is 4.79 Å². The minimum atomic E-state index is -0.833. The van der Waals surface area contributed by atoms with E-state index < -0.39 is 11.9 Å². The molecule has 1 N–H and O–H groups in total. The van der Waals surface area contributed by atoms with Crippen molar-refractivity contribution in [3.8, 4) is 0 Å². The van der Waals surface area contributed by atoms with Crippen molar-refractivity contribution in [3.05, 3.63) is 15.5 Å². The zero-order valence-corrected chi connectivity index (χ0v) is 11.3. The molecular weight excluding hydrogens is 308 g/mol. The van der Waals surface area contributed by atoms with Crippen molar-refractivity contribution in [2.75, 3.05) is 13.1 Å². The Morgan fingerprint density at radius 2 is 2.35 bits per heavy atom. The maximum atomic E-state index is 12.1. The van der Waals surface area contributed by atoms with Gasteiger partial charge in [0.15, 0.2) is 5.69 Å². The Bertz CT molecular complexity index is 449. The molecule has 1 unspecified atom stereocenters. The molecule has 0 bridgehead atoms. The monoisotopic (exact) mass is 318 g/mol. The van der Waals surface area contributed by atoms with Crippen molar-refractivity contribution in [1.82, 2.24) is 9.27 Å². The summed E-state index contributed by atoms with van der Waals surface area (Å²) in [4.78, 5) is 24.6. The number of hydrogen-bond acceptors (Lipinski definition) is 4. The van der Waals surface area contributed by atoms with E-state index in [-0.39, 0.29) is 12.5 Å². The first kappa shape index (κ1) is 12.5. The predicted octanol–water partition coefficient (Wildman–Crippen LogP) is 1.84. The van der Waals surface area contributed by atoms with Crippen LogP contribution >= 0.6 is 27.5 Å². The summed E-state index contributed by atoms with van der Waals surface area (Å²) in [6.45, 7) is 0.880. The summed E-state index contributed by atoms with van der Waals surface area (Å²) < 4.78 is 4.69. The van der Waals surface area contributed by atoms with Crippen LogP contribution in [0, 0.1) is 5.92 Å². The zero-order valence-electron chi connectivity index (χ0n) is 8.93. The number of piperidine rings is 1. The van der Waals surface area contributed by atoms with Gasteiger partial charge in [-0.05, 0) is 40.3 Å². The lowest BCUT2D eigenvalue weighted by molar-refractivity contribution is -0.143. The van der Waals surface area contributed by atoms with Crippen molar-refractivity contribution < 1.29 is 14.7 Å². The number of hydrogen-bond donors (Lipinski definition) is 1. The third-order valence-corrected chi connectivity index (χ3v) is 4.32. The molecule has 0 radical (unpaired) electrons. The minimum absolute atomic E-state index is 0.191. The molecule has 1 fully saturated rings. The number of carboxylic acids is 1. The zero-order chi connectivity index (χ0) is 12.4. The van der Waals surface area contributed by atoms with Gasteiger partial charge in [0.2, 0.25) is 0 Å². The third kappa shape index (κ3) is 2.66. The molecule has 17 heavy (non-hydrogen) atoms. The van der Waals surface area contributed by atoms with E-state index in [4.69, 9.17) is 5.11 Å². The highest BCUT2D eigenvalue weighted by Crippen LogP contribution is 2.23. The second-order valence-electron chi connectivity index (χ2n) is 3.94. The predicted molar refractivity (Wildman–Crippen MR) is 66.1 cm³/mol. The molecule has 2 heterocycles. The van der Waals surface area contributed by atoms with Crippen LogP contribution < -0.4 is 0 Å². The Labute approximate surface area is 111 Å². The Morgan fingerprint density at radius 1 is 1.59 bits per heavy atom. The molecule has 92 valence electrons. The van der Waals surface area contributed by atoms with Crippen LogP contribution in [-0.4, -0.2) is 39.3 Å². The van der Waals surface area contributed by atoms with Crippen LogP contribution in [0.4, 0.5) is 0 Å². The smallest absolute Gasteiger partial charge is 0.308 e. The molecule has 5 nitrogen and oxygen atoms in total. The number of carbonyl (C=O) groups excluding carboxylic acids is 1. The number of nitrogens with zero attached hydrogens (tertiary/aromatic N) is 2. The number of aliphatic carboxylic acids is 1. The Morgan fingerprint density at radius 3 is 2.94 bits per heavy atom. The van der Waals surface area contributed by atoms with E-state index in [1.807, 2.05) is 0 Å². The molecule has 0 aromatic carbocycles. The third-order valence-electron chi connectivity index (χ3n) is 2.79. The van der Waals surface area contributed by atoms with E-state index in [2.05, 4.69) is 20.3 Å². The Hall–Kier alpha value is -0.950. The molecule has 1 aliphatic heterocycles. The summed E-state index contributed by atoms with van der Waals surface area (Å²) in [6.07, 6.45) is 1.36. The fourth-order valence-corrected chi connectivity index (χ4v) is 3.04. The fraction of sp³-hybridized carbons (Fsp3) is 0.500. The van der Waals surface area contributed by atoms with E-state index >= 15 is 0 Å². The summed E-state index contributed by atoms with van der Waals surface area (Å²) in [7, 11) is 0. The minimum Gasteiger partial charge on any atom is -0.481 e. The SMILES string of the molecule is O=C(O)C1CCCN(C(=O)c2nscc2Br)C1. The molecule has 1 saturated heterocycles. The number of carbonyl (C=O) groups is 2. The van der Waals surface area contributed by atoms with E-state index in [0.29, 0.717) is 23.1 Å². The van der Waals surface area contributed by atoms with Crippen molar-refractivity contribution >= 4 is 39.3 Å². The molecule has 1 atom stereocenters. The van der Waals surface area contributed by atoms with Gasteiger partial charge in [0.1, 0.15) is 0 Å². The lowest BCUT2D eigenvalue weighted by Crippen LogP contribution is -2.42. The van der Waals surface area contributed by atoms with Gasteiger partial charge < -0.3 is 10.0 Å². The van der Waals surface area contributed by atoms with Gasteiger partial charge in [-0.15, -0.1) is 0 Å². The van der Waals surface area contributed by atoms with E-state index in [9.17, 15) is 9.59 Å². The van der Waals surface area contributed by atoms with Crippen LogP contribution in [0.2, 0.25) is 0 Å². The number of likely N-dealkylation sites (tertiary alicyclic amines) is 1. The quantitative estimate of drug-likeness (QED) is 0.903. The molecule has 1 amide bonds. The normalized spacial score (nSPS) is 20.3. The number of halogens is 1. The van der Waals surface area contributed by atoms with Gasteiger partial charge in [-0.25, -0.2) is 0 Å². The summed E-state index contributed by atoms with van der Waals surface area (Å²) in [5.74, 6) is -1.48. The molecule has 1 aromatic heterocycles. The molecule has 0 saturated carbocycles. The van der Waals surface area contributed by atoms with Crippen molar-refractivity contribution in [2.24, 2.45) is 5.92 Å². The van der Waals surface area contributed by atoms with Crippen LogP contribution in [0.15, 0.2) is 9.85 Å². The van der Waals surface area contributed by atoms with Crippen LogP contribution in [0.1, 0.15) is 23.3 Å². The van der Waals surface area contributed by atoms with Crippen LogP contribution in [0.5, 0.6) is 0 Å². The lowest BCUT2D eigenvalue weighted by Gasteiger charge is -2.30. The fourth-order valence-electron chi connectivity index (χ4n) is 1.88. The number of carboxylic acid groups (broad SMARTS) is 1. The van der Waals surface area contributed by atoms with Gasteiger partial charge in [-0.2, -0.15) is 4.37 Å². The standard InChI is InChI=1S/C10H11BrN2O3S/c11-7-5-17-12-8(7)9(14)13-3-1-2-6(4-13)10(15)16/h5-6H,1-4H2,(H,15,16). The number of rotatable bonds is 2. The summed E-state index contributed by atoms with van der Waals surface area (Å²) in [5, 5.41) is 10.7. The van der Waals surface area contributed by atoms with E-state index in [1.165, 1.54) is 11.5 Å². The number of aromatic nitrogens is 1. The Balaban J connectivity index is 2.10. The van der Waals surface area contributed by atoms with Crippen molar-refractivity contribution in [3.63, 3.8) is 0 Å². The second kappa shape index (κ2) is 5.14. The molecule has 1 aliphatic rings. The van der Waals surface area contributed by atoms with Crippen LogP contribution in [0.25, 0.3) is 0 Å². The molecular formula is C10H11BrN2O3S. The van der Waals surface area contributed by atoms with Gasteiger partial charge >= 0.3 is 5.97 Å². The Kier molecular flexibility index (Phi) is 3.78. The van der Waals surface area contributed by atoms with Gasteiger partial charge in [-0.1, -0.05) is 0 Å². The number of amides is 1. The summed E-state index contributed by atoms with van der Waals surface area (Å²) in [5.41, 5.74) is 0.376. The summed E-state index contributed by atoms with van der Waals surface area (Å²) in [6, 6.07) is 0. The lowest BCUT2D eigenvalue weighted by atomic mass is 9.98. The largest absolute Gasteiger partial charge is 0.481 e. The molecule has 0 aliphatic carbocycles. The average Bonchev–Trinajstić information content (AvgIpc) is 2.74. The van der Waals surface area contributed by atoms with E-state index in [1.54, 1.807) is 10.3 Å². The average molecular weight is 319 g/mol. The summed E-state index contributed by atoms with van der Waals surface area (Å²) >= 11 is 4.47. The van der Waals surface area contributed by atoms with Gasteiger partial charge in [0.05, 0.1) is 10.4 Å². The molecule has 7 heteroatoms.